The maximum atomic E-state index is 13.2. The maximum Gasteiger partial charge on any atom is 0.318 e. The Labute approximate surface area is 157 Å². The van der Waals surface area contributed by atoms with E-state index in [2.05, 4.69) is 15.3 Å². The van der Waals surface area contributed by atoms with Crippen LogP contribution in [-0.4, -0.2) is 43.7 Å². The van der Waals surface area contributed by atoms with Crippen molar-refractivity contribution in [1.82, 2.24) is 9.97 Å². The van der Waals surface area contributed by atoms with E-state index in [-0.39, 0.29) is 11.9 Å². The van der Waals surface area contributed by atoms with Crippen molar-refractivity contribution in [3.63, 3.8) is 0 Å². The van der Waals surface area contributed by atoms with Crippen LogP contribution in [0.15, 0.2) is 42.6 Å². The predicted octanol–water partition coefficient (Wildman–Crippen LogP) is 3.36. The molecule has 0 bridgehead atoms. The van der Waals surface area contributed by atoms with Crippen LogP contribution in [0.3, 0.4) is 0 Å². The zero-order chi connectivity index (χ0) is 19.4. The first kappa shape index (κ1) is 18.4. The van der Waals surface area contributed by atoms with E-state index in [1.165, 1.54) is 13.3 Å². The number of rotatable bonds is 6. The number of fused-ring (bicyclic) bond motifs is 1. The van der Waals surface area contributed by atoms with Gasteiger partial charge in [0.25, 0.3) is 5.91 Å². The van der Waals surface area contributed by atoms with Gasteiger partial charge in [0, 0.05) is 14.1 Å². The monoisotopic (exact) mass is 366 g/mol. The van der Waals surface area contributed by atoms with Gasteiger partial charge in [-0.2, -0.15) is 4.98 Å². The fourth-order valence-electron chi connectivity index (χ4n) is 2.83. The first-order valence-electron chi connectivity index (χ1n) is 8.59. The number of carbonyl (C=O) groups is 1. The summed E-state index contributed by atoms with van der Waals surface area (Å²) in [6.45, 7) is 2.35. The van der Waals surface area contributed by atoms with Gasteiger partial charge in [0.15, 0.2) is 5.82 Å². The predicted molar refractivity (Wildman–Crippen MR) is 106 cm³/mol. The van der Waals surface area contributed by atoms with Crippen LogP contribution in [0.1, 0.15) is 17.3 Å². The normalized spacial score (nSPS) is 10.5. The highest BCUT2D eigenvalue weighted by Crippen LogP contribution is 2.30. The minimum Gasteiger partial charge on any atom is -0.493 e. The van der Waals surface area contributed by atoms with Gasteiger partial charge >= 0.3 is 6.01 Å². The topological polar surface area (TPSA) is 76.6 Å². The van der Waals surface area contributed by atoms with Gasteiger partial charge in [0.05, 0.1) is 25.5 Å². The highest BCUT2D eigenvalue weighted by molar-refractivity contribution is 6.15. The number of hydrogen-bond donors (Lipinski definition) is 1. The molecule has 0 saturated heterocycles. The van der Waals surface area contributed by atoms with Crippen LogP contribution in [-0.2, 0) is 0 Å². The molecule has 3 aromatic rings. The number of ether oxygens (including phenoxy) is 2. The van der Waals surface area contributed by atoms with Gasteiger partial charge < -0.3 is 19.7 Å². The van der Waals surface area contributed by atoms with E-state index in [9.17, 15) is 4.79 Å². The number of nitrogens with zero attached hydrogens (tertiary/aromatic N) is 3. The van der Waals surface area contributed by atoms with E-state index in [0.29, 0.717) is 29.4 Å². The molecular weight excluding hydrogens is 344 g/mol. The molecule has 1 amide bonds. The van der Waals surface area contributed by atoms with Crippen molar-refractivity contribution in [3.8, 4) is 11.8 Å². The molecule has 7 nitrogen and oxygen atoms in total. The molecule has 0 aliphatic carbocycles. The lowest BCUT2D eigenvalue weighted by Crippen LogP contribution is -2.19. The smallest absolute Gasteiger partial charge is 0.318 e. The maximum absolute atomic E-state index is 13.2. The van der Waals surface area contributed by atoms with Crippen LogP contribution in [0.25, 0.3) is 10.8 Å². The van der Waals surface area contributed by atoms with Gasteiger partial charge in [-0.1, -0.05) is 30.3 Å². The molecule has 1 aromatic heterocycles. The third-order valence-electron chi connectivity index (χ3n) is 4.02. The fourth-order valence-corrected chi connectivity index (χ4v) is 2.83. The van der Waals surface area contributed by atoms with Crippen LogP contribution in [0.2, 0.25) is 0 Å². The standard InChI is InChI=1S/C20H22N4O3/c1-5-27-16-11-10-13-8-6-7-9-14(13)17(16)19(25)22-15-12-21-20(26-4)23-18(15)24(2)3/h6-12H,5H2,1-4H3,(H,22,25). The average molecular weight is 366 g/mol. The van der Waals surface area contributed by atoms with Crippen LogP contribution in [0.5, 0.6) is 11.8 Å². The molecule has 27 heavy (non-hydrogen) atoms. The molecule has 0 radical (unpaired) electrons. The Balaban J connectivity index is 2.05. The van der Waals surface area contributed by atoms with Crippen molar-refractivity contribution in [1.29, 1.82) is 0 Å². The van der Waals surface area contributed by atoms with Gasteiger partial charge in [-0.3, -0.25) is 4.79 Å². The Morgan fingerprint density at radius 2 is 1.96 bits per heavy atom. The first-order chi connectivity index (χ1) is 13.0. The first-order valence-corrected chi connectivity index (χ1v) is 8.59. The van der Waals surface area contributed by atoms with E-state index in [0.717, 1.165) is 10.8 Å². The van der Waals surface area contributed by atoms with E-state index in [1.54, 1.807) is 4.90 Å². The Morgan fingerprint density at radius 1 is 1.19 bits per heavy atom. The van der Waals surface area contributed by atoms with Gasteiger partial charge in [0.2, 0.25) is 0 Å². The van der Waals surface area contributed by atoms with Crippen molar-refractivity contribution in [2.75, 3.05) is 38.0 Å². The Kier molecular flexibility index (Phi) is 5.40. The van der Waals surface area contributed by atoms with Crippen LogP contribution in [0.4, 0.5) is 11.5 Å². The minimum atomic E-state index is -0.285. The highest BCUT2D eigenvalue weighted by Gasteiger charge is 2.19. The van der Waals surface area contributed by atoms with E-state index in [1.807, 2.05) is 57.4 Å². The molecule has 0 spiro atoms. The number of carbonyl (C=O) groups excluding carboxylic acids is 1. The summed E-state index contributed by atoms with van der Waals surface area (Å²) < 4.78 is 10.8. The number of nitrogens with one attached hydrogen (secondary N) is 1. The second-order valence-electron chi connectivity index (χ2n) is 6.04. The summed E-state index contributed by atoms with van der Waals surface area (Å²) in [4.78, 5) is 23.3. The molecule has 1 heterocycles. The van der Waals surface area contributed by atoms with Gasteiger partial charge in [-0.05, 0) is 23.8 Å². The lowest BCUT2D eigenvalue weighted by molar-refractivity contribution is 0.102. The third kappa shape index (κ3) is 3.76. The third-order valence-corrected chi connectivity index (χ3v) is 4.02. The zero-order valence-electron chi connectivity index (χ0n) is 15.8. The van der Waals surface area contributed by atoms with Crippen molar-refractivity contribution >= 4 is 28.2 Å². The molecule has 7 heteroatoms. The average Bonchev–Trinajstić information content (AvgIpc) is 2.68. The summed E-state index contributed by atoms with van der Waals surface area (Å²) >= 11 is 0. The SMILES string of the molecule is CCOc1ccc2ccccc2c1C(=O)Nc1cnc(OC)nc1N(C)C. The lowest BCUT2D eigenvalue weighted by Gasteiger charge is -2.18. The van der Waals surface area contributed by atoms with Gasteiger partial charge in [-0.25, -0.2) is 4.98 Å². The summed E-state index contributed by atoms with van der Waals surface area (Å²) in [6, 6.07) is 11.7. The number of hydrogen-bond acceptors (Lipinski definition) is 6. The molecular formula is C20H22N4O3. The van der Waals surface area contributed by atoms with Crippen molar-refractivity contribution in [2.24, 2.45) is 0 Å². The fraction of sp³-hybridized carbons (Fsp3) is 0.250. The molecule has 0 saturated carbocycles. The molecule has 0 unspecified atom stereocenters. The quantitative estimate of drug-likeness (QED) is 0.721. The molecule has 3 rings (SSSR count). The second-order valence-corrected chi connectivity index (χ2v) is 6.04. The van der Waals surface area contributed by atoms with Gasteiger partial charge in [-0.15, -0.1) is 0 Å². The Morgan fingerprint density at radius 3 is 2.67 bits per heavy atom. The number of aromatic nitrogens is 2. The molecule has 0 atom stereocenters. The number of benzene rings is 2. The van der Waals surface area contributed by atoms with E-state index >= 15 is 0 Å². The highest BCUT2D eigenvalue weighted by atomic mass is 16.5. The molecule has 140 valence electrons. The largest absolute Gasteiger partial charge is 0.493 e. The van der Waals surface area contributed by atoms with Crippen molar-refractivity contribution in [2.45, 2.75) is 6.92 Å². The van der Waals surface area contributed by atoms with Crippen LogP contribution < -0.4 is 19.7 Å². The van der Waals surface area contributed by atoms with Gasteiger partial charge in [0.1, 0.15) is 11.4 Å². The molecule has 0 aliphatic rings. The van der Waals surface area contributed by atoms with E-state index in [4.69, 9.17) is 9.47 Å². The van der Waals surface area contributed by atoms with E-state index < -0.39 is 0 Å². The number of amides is 1. The molecule has 0 fully saturated rings. The number of methoxy groups -OCH3 is 1. The summed E-state index contributed by atoms with van der Waals surface area (Å²) in [5, 5.41) is 4.69. The summed E-state index contributed by atoms with van der Waals surface area (Å²) in [5.41, 5.74) is 0.969. The molecule has 2 aromatic carbocycles. The van der Waals surface area contributed by atoms with Crippen molar-refractivity contribution in [3.05, 3.63) is 48.2 Å². The summed E-state index contributed by atoms with van der Waals surface area (Å²) in [5.74, 6) is 0.801. The van der Waals surface area contributed by atoms with Crippen molar-refractivity contribution < 1.29 is 14.3 Å². The molecule has 0 aliphatic heterocycles. The second kappa shape index (κ2) is 7.90. The number of anilines is 2. The molecule has 1 N–H and O–H groups in total. The zero-order valence-corrected chi connectivity index (χ0v) is 15.8. The van der Waals surface area contributed by atoms with Crippen LogP contribution >= 0.6 is 0 Å². The summed E-state index contributed by atoms with van der Waals surface area (Å²) in [7, 11) is 5.17. The van der Waals surface area contributed by atoms with Crippen LogP contribution in [0, 0.1) is 0 Å². The summed E-state index contributed by atoms with van der Waals surface area (Å²) in [6.07, 6.45) is 1.53. The Hall–Kier alpha value is -3.35. The Bertz CT molecular complexity index is 973. The lowest BCUT2D eigenvalue weighted by atomic mass is 10.0. The minimum absolute atomic E-state index is 0.233.